The van der Waals surface area contributed by atoms with Crippen LogP contribution in [-0.2, 0) is 4.79 Å². The Morgan fingerprint density at radius 1 is 0.868 bits per heavy atom. The first-order valence-electron chi connectivity index (χ1n) is 14.4. The zero-order chi connectivity index (χ0) is 27.1. The number of pyridine rings is 1. The van der Waals surface area contributed by atoms with Crippen molar-refractivity contribution in [3.05, 3.63) is 90.9 Å². The average Bonchev–Trinajstić information content (AvgIpc) is 2.94. The van der Waals surface area contributed by atoms with E-state index in [1.54, 1.807) is 24.5 Å². The van der Waals surface area contributed by atoms with Gasteiger partial charge in [-0.25, -0.2) is 0 Å². The fraction of sp³-hybridized carbons (Fsp3) is 0.485. The van der Waals surface area contributed by atoms with Gasteiger partial charge in [0.2, 0.25) is 5.91 Å². The van der Waals surface area contributed by atoms with Crippen LogP contribution in [0.4, 0.5) is 0 Å². The lowest BCUT2D eigenvalue weighted by atomic mass is 9.86. The Kier molecular flexibility index (Phi) is 17.0. The highest BCUT2D eigenvalue weighted by molar-refractivity contribution is 5.93. The molecular weight excluding hydrogens is 470 g/mol. The molecule has 38 heavy (non-hydrogen) atoms. The van der Waals surface area contributed by atoms with Crippen molar-refractivity contribution in [2.75, 3.05) is 6.54 Å². The van der Waals surface area contributed by atoms with Crippen LogP contribution in [0.25, 0.3) is 0 Å². The van der Waals surface area contributed by atoms with Gasteiger partial charge in [0.15, 0.2) is 0 Å². The molecule has 1 aromatic heterocycles. The molecule has 2 amide bonds. The Labute approximate surface area is 230 Å². The molecule has 0 unspecified atom stereocenters. The first-order valence-corrected chi connectivity index (χ1v) is 14.4. The van der Waals surface area contributed by atoms with Crippen molar-refractivity contribution < 1.29 is 9.59 Å². The second kappa shape index (κ2) is 20.8. The van der Waals surface area contributed by atoms with Crippen molar-refractivity contribution >= 4 is 11.8 Å². The SMILES string of the molecule is CCC=CCC=CCC=CCC=CCC=CCCCC(=O)NC1CCC(CNC(=O)c2cccnc2)CC1. The molecule has 1 fully saturated rings. The fourth-order valence-corrected chi connectivity index (χ4v) is 4.40. The maximum absolute atomic E-state index is 12.3. The van der Waals surface area contributed by atoms with Gasteiger partial charge in [0.05, 0.1) is 5.56 Å². The number of carbonyl (C=O) groups excluding carboxylic acids is 2. The normalized spacial score (nSPS) is 18.3. The predicted octanol–water partition coefficient (Wildman–Crippen LogP) is 7.41. The predicted molar refractivity (Wildman–Crippen MR) is 159 cm³/mol. The highest BCUT2D eigenvalue weighted by Gasteiger charge is 2.22. The number of carbonyl (C=O) groups is 2. The van der Waals surface area contributed by atoms with Crippen LogP contribution in [-0.4, -0.2) is 29.4 Å². The topological polar surface area (TPSA) is 71.1 Å². The van der Waals surface area contributed by atoms with Crippen molar-refractivity contribution in [2.45, 2.75) is 90.0 Å². The number of unbranched alkanes of at least 4 members (excludes halogenated alkanes) is 1. The van der Waals surface area contributed by atoms with Crippen molar-refractivity contribution in [3.8, 4) is 0 Å². The van der Waals surface area contributed by atoms with E-state index in [2.05, 4.69) is 83.3 Å². The van der Waals surface area contributed by atoms with Gasteiger partial charge in [-0.2, -0.15) is 0 Å². The minimum atomic E-state index is -0.0685. The van der Waals surface area contributed by atoms with E-state index in [1.165, 1.54) is 0 Å². The smallest absolute Gasteiger partial charge is 0.252 e. The molecular formula is C33H47N3O2. The monoisotopic (exact) mass is 517 g/mol. The summed E-state index contributed by atoms with van der Waals surface area (Å²) in [6, 6.07) is 3.81. The van der Waals surface area contributed by atoms with Crippen molar-refractivity contribution in [2.24, 2.45) is 5.92 Å². The van der Waals surface area contributed by atoms with Gasteiger partial charge in [0.25, 0.3) is 5.91 Å². The molecule has 0 spiro atoms. The van der Waals surface area contributed by atoms with Crippen LogP contribution in [0.5, 0.6) is 0 Å². The Balaban J connectivity index is 1.44. The minimum Gasteiger partial charge on any atom is -0.353 e. The molecule has 1 aliphatic rings. The van der Waals surface area contributed by atoms with Crippen LogP contribution in [0.3, 0.4) is 0 Å². The third kappa shape index (κ3) is 15.1. The molecule has 5 nitrogen and oxygen atoms in total. The number of amides is 2. The zero-order valence-corrected chi connectivity index (χ0v) is 23.2. The zero-order valence-electron chi connectivity index (χ0n) is 23.2. The lowest BCUT2D eigenvalue weighted by Crippen LogP contribution is -2.39. The third-order valence-electron chi connectivity index (χ3n) is 6.62. The van der Waals surface area contributed by atoms with Gasteiger partial charge in [0, 0.05) is 31.4 Å². The van der Waals surface area contributed by atoms with Gasteiger partial charge < -0.3 is 10.6 Å². The Bertz CT molecular complexity index is 923. The van der Waals surface area contributed by atoms with E-state index in [9.17, 15) is 9.59 Å². The van der Waals surface area contributed by atoms with Gasteiger partial charge in [-0.05, 0) is 88.7 Å². The average molecular weight is 518 g/mol. The van der Waals surface area contributed by atoms with Crippen molar-refractivity contribution in [1.82, 2.24) is 15.6 Å². The molecule has 206 valence electrons. The molecule has 0 radical (unpaired) electrons. The second-order valence-corrected chi connectivity index (χ2v) is 9.84. The number of allylic oxidation sites excluding steroid dienone is 10. The number of nitrogens with zero attached hydrogens (tertiary/aromatic N) is 1. The van der Waals surface area contributed by atoms with Gasteiger partial charge in [-0.1, -0.05) is 67.7 Å². The summed E-state index contributed by atoms with van der Waals surface area (Å²) in [6.07, 6.45) is 36.7. The second-order valence-electron chi connectivity index (χ2n) is 9.84. The number of hydrogen-bond acceptors (Lipinski definition) is 3. The molecule has 0 bridgehead atoms. The van der Waals surface area contributed by atoms with Crippen molar-refractivity contribution in [3.63, 3.8) is 0 Å². The fourth-order valence-electron chi connectivity index (χ4n) is 4.40. The third-order valence-corrected chi connectivity index (χ3v) is 6.62. The summed E-state index contributed by atoms with van der Waals surface area (Å²) in [7, 11) is 0. The summed E-state index contributed by atoms with van der Waals surface area (Å²) in [6.45, 7) is 2.83. The van der Waals surface area contributed by atoms with Crippen LogP contribution in [0.2, 0.25) is 0 Å². The summed E-state index contributed by atoms with van der Waals surface area (Å²) in [5.74, 6) is 0.561. The van der Waals surface area contributed by atoms with Crippen LogP contribution in [0.1, 0.15) is 94.3 Å². The first kappa shape index (κ1) is 31.0. The molecule has 1 aromatic rings. The van der Waals surface area contributed by atoms with Crippen LogP contribution < -0.4 is 10.6 Å². The van der Waals surface area contributed by atoms with Crippen molar-refractivity contribution in [1.29, 1.82) is 0 Å². The summed E-state index contributed by atoms with van der Waals surface area (Å²) in [5.41, 5.74) is 0.595. The standard InChI is InChI=1S/C33H47N3O2/c1-2-3-4-5-6-7-8-9-10-11-12-13-14-15-16-17-18-21-32(37)36-31-24-22-29(23-25-31)27-35-33(38)30-20-19-26-34-28-30/h3-4,6-7,9-10,12-13,15-16,19-20,26,28-29,31H,2,5,8,11,14,17-18,21-25,27H2,1H3,(H,35,38)(H,36,37). The quantitative estimate of drug-likeness (QED) is 0.167. The summed E-state index contributed by atoms with van der Waals surface area (Å²) < 4.78 is 0. The molecule has 2 N–H and O–H groups in total. The van der Waals surface area contributed by atoms with E-state index < -0.39 is 0 Å². The Hall–Kier alpha value is -3.21. The minimum absolute atomic E-state index is 0.0685. The molecule has 2 rings (SSSR count). The van der Waals surface area contributed by atoms with Crippen LogP contribution in [0, 0.1) is 5.92 Å². The molecule has 1 saturated carbocycles. The first-order chi connectivity index (χ1) is 18.7. The molecule has 0 atom stereocenters. The number of rotatable bonds is 17. The summed E-state index contributed by atoms with van der Waals surface area (Å²) in [5, 5.41) is 6.22. The lowest BCUT2D eigenvalue weighted by Gasteiger charge is -2.29. The largest absolute Gasteiger partial charge is 0.353 e. The van der Waals surface area contributed by atoms with Crippen LogP contribution >= 0.6 is 0 Å². The molecule has 0 aromatic carbocycles. The highest BCUT2D eigenvalue weighted by atomic mass is 16.2. The van der Waals surface area contributed by atoms with E-state index in [0.717, 1.165) is 70.6 Å². The number of hydrogen-bond donors (Lipinski definition) is 2. The van der Waals surface area contributed by atoms with Gasteiger partial charge >= 0.3 is 0 Å². The Morgan fingerprint density at radius 3 is 2.05 bits per heavy atom. The van der Waals surface area contributed by atoms with Gasteiger partial charge in [-0.15, -0.1) is 0 Å². The van der Waals surface area contributed by atoms with E-state index >= 15 is 0 Å². The van der Waals surface area contributed by atoms with Crippen LogP contribution in [0.15, 0.2) is 85.3 Å². The number of nitrogens with one attached hydrogen (secondary N) is 2. The van der Waals surface area contributed by atoms with E-state index in [-0.39, 0.29) is 17.9 Å². The molecule has 0 saturated heterocycles. The van der Waals surface area contributed by atoms with E-state index in [4.69, 9.17) is 0 Å². The van der Waals surface area contributed by atoms with Gasteiger partial charge in [0.1, 0.15) is 0 Å². The Morgan fingerprint density at radius 2 is 1.47 bits per heavy atom. The van der Waals surface area contributed by atoms with E-state index in [1.807, 2.05) is 0 Å². The molecule has 5 heteroatoms. The molecule has 1 heterocycles. The molecule has 0 aliphatic heterocycles. The maximum Gasteiger partial charge on any atom is 0.252 e. The summed E-state index contributed by atoms with van der Waals surface area (Å²) in [4.78, 5) is 28.5. The molecule has 1 aliphatic carbocycles. The summed E-state index contributed by atoms with van der Waals surface area (Å²) >= 11 is 0. The maximum atomic E-state index is 12.3. The van der Waals surface area contributed by atoms with Gasteiger partial charge in [-0.3, -0.25) is 14.6 Å². The van der Waals surface area contributed by atoms with E-state index in [0.29, 0.717) is 24.4 Å². The number of aromatic nitrogens is 1. The lowest BCUT2D eigenvalue weighted by molar-refractivity contribution is -0.122. The highest BCUT2D eigenvalue weighted by Crippen LogP contribution is 2.24.